The molecule has 0 saturated heterocycles. The highest BCUT2D eigenvalue weighted by Crippen LogP contribution is 2.40. The van der Waals surface area contributed by atoms with Crippen molar-refractivity contribution < 1.29 is 33.0 Å². The molecule has 1 aliphatic carbocycles. The molecule has 0 saturated carbocycles. The van der Waals surface area contributed by atoms with E-state index in [0.29, 0.717) is 11.3 Å². The highest BCUT2D eigenvalue weighted by molar-refractivity contribution is 8.03. The summed E-state index contributed by atoms with van der Waals surface area (Å²) in [5.41, 5.74) is 0.291. The van der Waals surface area contributed by atoms with Crippen LogP contribution in [0, 0.1) is 11.3 Å². The molecule has 1 aliphatic heterocycles. The molecule has 2 aliphatic rings. The molecule has 0 fully saturated rings. The number of alkyl halides is 2. The fraction of sp³-hybridized carbons (Fsp3) is 0.391. The summed E-state index contributed by atoms with van der Waals surface area (Å²) in [4.78, 5) is 24.7. The predicted octanol–water partition coefficient (Wildman–Crippen LogP) is 4.49. The highest BCUT2D eigenvalue weighted by Gasteiger charge is 2.37. The molecule has 1 aromatic rings. The van der Waals surface area contributed by atoms with Gasteiger partial charge in [-0.1, -0.05) is 45.1 Å². The molecule has 2 unspecified atom stereocenters. The van der Waals surface area contributed by atoms with Crippen molar-refractivity contribution in [2.45, 2.75) is 45.3 Å². The molecule has 2 N–H and O–H groups in total. The summed E-state index contributed by atoms with van der Waals surface area (Å²) >= 11 is 1.60. The molecule has 3 rings (SSSR count). The third kappa shape index (κ3) is 5.70. The number of carboxylic acid groups (broad SMARTS) is 1. The molecular formula is C23H25F2NO5S. The second-order valence-electron chi connectivity index (χ2n) is 8.51. The minimum atomic E-state index is -2.90. The molecule has 32 heavy (non-hydrogen) atoms. The average Bonchev–Trinajstić information content (AvgIpc) is 3.18. The van der Waals surface area contributed by atoms with Gasteiger partial charge in [-0.2, -0.15) is 8.78 Å². The Hall–Kier alpha value is -2.81. The Morgan fingerprint density at radius 3 is 2.47 bits per heavy atom. The summed E-state index contributed by atoms with van der Waals surface area (Å²) in [7, 11) is 0. The second kappa shape index (κ2) is 9.77. The van der Waals surface area contributed by atoms with Crippen LogP contribution in [0.2, 0.25) is 0 Å². The maximum atomic E-state index is 13.0. The van der Waals surface area contributed by atoms with Gasteiger partial charge in [0.15, 0.2) is 0 Å². The molecule has 172 valence electrons. The number of benzene rings is 1. The third-order valence-corrected chi connectivity index (χ3v) is 6.15. The Morgan fingerprint density at radius 2 is 1.88 bits per heavy atom. The van der Waals surface area contributed by atoms with Crippen LogP contribution >= 0.6 is 11.8 Å². The first-order chi connectivity index (χ1) is 15.1. The molecule has 1 aromatic carbocycles. The first-order valence-corrected chi connectivity index (χ1v) is 11.0. The number of fused-ring (bicyclic) bond motifs is 1. The van der Waals surface area contributed by atoms with Gasteiger partial charge in [-0.25, -0.2) is 4.79 Å². The topological polar surface area (TPSA) is 84.9 Å². The lowest BCUT2D eigenvalue weighted by Gasteiger charge is -2.30. The van der Waals surface area contributed by atoms with Crippen LogP contribution in [0.15, 0.2) is 59.2 Å². The van der Waals surface area contributed by atoms with Gasteiger partial charge in [-0.05, 0) is 34.6 Å². The SMILES string of the molecule is CC(C)(C)[C@H](NC(=O)C1=C(OCc2ccc(OC(F)F)cc2)C2C=CSC2C=C1)C(=O)O. The zero-order valence-electron chi connectivity index (χ0n) is 17.9. The van der Waals surface area contributed by atoms with Gasteiger partial charge in [0, 0.05) is 5.25 Å². The fourth-order valence-electron chi connectivity index (χ4n) is 3.42. The van der Waals surface area contributed by atoms with E-state index in [2.05, 4.69) is 10.1 Å². The monoisotopic (exact) mass is 465 g/mol. The van der Waals surface area contributed by atoms with Gasteiger partial charge in [0.05, 0.1) is 11.5 Å². The zero-order chi connectivity index (χ0) is 23.5. The van der Waals surface area contributed by atoms with Gasteiger partial charge >= 0.3 is 12.6 Å². The Kier molecular flexibility index (Phi) is 7.28. The molecule has 3 atom stereocenters. The maximum Gasteiger partial charge on any atom is 0.387 e. The van der Waals surface area contributed by atoms with Crippen LogP contribution in [0.3, 0.4) is 0 Å². The van der Waals surface area contributed by atoms with Crippen molar-refractivity contribution in [1.82, 2.24) is 5.32 Å². The number of thioether (sulfide) groups is 1. The quantitative estimate of drug-likeness (QED) is 0.589. The van der Waals surface area contributed by atoms with Crippen LogP contribution in [0.5, 0.6) is 5.75 Å². The van der Waals surface area contributed by atoms with Crippen LogP contribution in [0.1, 0.15) is 26.3 Å². The van der Waals surface area contributed by atoms with Crippen molar-refractivity contribution in [2.75, 3.05) is 0 Å². The number of hydrogen-bond acceptors (Lipinski definition) is 5. The Bertz CT molecular complexity index is 950. The smallest absolute Gasteiger partial charge is 0.387 e. The van der Waals surface area contributed by atoms with Gasteiger partial charge in [0.2, 0.25) is 0 Å². The molecule has 0 spiro atoms. The highest BCUT2D eigenvalue weighted by atomic mass is 32.2. The minimum absolute atomic E-state index is 0.0423. The molecule has 6 nitrogen and oxygen atoms in total. The Morgan fingerprint density at radius 1 is 1.19 bits per heavy atom. The summed E-state index contributed by atoms with van der Waals surface area (Å²) in [5.74, 6) is -1.31. The zero-order valence-corrected chi connectivity index (χ0v) is 18.7. The summed E-state index contributed by atoms with van der Waals surface area (Å²) in [5, 5.41) is 14.2. The van der Waals surface area contributed by atoms with E-state index in [9.17, 15) is 23.5 Å². The molecule has 0 radical (unpaired) electrons. The number of carbonyl (C=O) groups is 2. The maximum absolute atomic E-state index is 13.0. The number of rotatable bonds is 8. The van der Waals surface area contributed by atoms with Crippen molar-refractivity contribution >= 4 is 23.6 Å². The summed E-state index contributed by atoms with van der Waals surface area (Å²) in [6, 6.07) is 4.97. The molecule has 0 aromatic heterocycles. The van der Waals surface area contributed by atoms with E-state index >= 15 is 0 Å². The fourth-order valence-corrected chi connectivity index (χ4v) is 4.41. The number of aliphatic carboxylic acids is 1. The van der Waals surface area contributed by atoms with E-state index in [1.165, 1.54) is 12.1 Å². The van der Waals surface area contributed by atoms with E-state index in [1.807, 2.05) is 17.6 Å². The van der Waals surface area contributed by atoms with Crippen LogP contribution in [0.25, 0.3) is 0 Å². The van der Waals surface area contributed by atoms with Gasteiger partial charge in [-0.3, -0.25) is 4.79 Å². The van der Waals surface area contributed by atoms with Gasteiger partial charge in [0.1, 0.15) is 24.2 Å². The van der Waals surface area contributed by atoms with E-state index < -0.39 is 29.9 Å². The van der Waals surface area contributed by atoms with Gasteiger partial charge in [0.25, 0.3) is 5.91 Å². The van der Waals surface area contributed by atoms with Crippen LogP contribution in [-0.4, -0.2) is 34.9 Å². The number of hydrogen-bond donors (Lipinski definition) is 2. The number of ether oxygens (including phenoxy) is 2. The lowest BCUT2D eigenvalue weighted by atomic mass is 9.86. The molecule has 1 heterocycles. The van der Waals surface area contributed by atoms with Crippen molar-refractivity contribution in [1.29, 1.82) is 0 Å². The van der Waals surface area contributed by atoms with E-state index in [0.717, 1.165) is 0 Å². The number of halogens is 2. The van der Waals surface area contributed by atoms with Crippen LogP contribution < -0.4 is 10.1 Å². The number of carboxylic acids is 1. The number of carbonyl (C=O) groups excluding carboxylic acids is 1. The molecule has 1 amide bonds. The van der Waals surface area contributed by atoms with Crippen molar-refractivity contribution in [2.24, 2.45) is 11.3 Å². The van der Waals surface area contributed by atoms with E-state index in [1.54, 1.807) is 50.7 Å². The number of amides is 1. The van der Waals surface area contributed by atoms with E-state index in [-0.39, 0.29) is 29.1 Å². The lowest BCUT2D eigenvalue weighted by molar-refractivity contribution is -0.144. The molecule has 0 bridgehead atoms. The van der Waals surface area contributed by atoms with Crippen molar-refractivity contribution in [3.05, 3.63) is 64.8 Å². The van der Waals surface area contributed by atoms with Crippen LogP contribution in [0.4, 0.5) is 8.78 Å². The first kappa shape index (κ1) is 23.8. The second-order valence-corrected chi connectivity index (χ2v) is 9.60. The van der Waals surface area contributed by atoms with Gasteiger partial charge < -0.3 is 19.9 Å². The van der Waals surface area contributed by atoms with Crippen molar-refractivity contribution in [3.63, 3.8) is 0 Å². The standard InChI is InChI=1S/C23H25F2NO5S/c1-23(2,3)19(21(28)29)26-20(27)16-8-9-17-15(10-11-32-17)18(16)30-12-13-4-6-14(7-5-13)31-22(24)25/h4-11,15,17,19,22H,12H2,1-3H3,(H,26,27)(H,28,29)/t15?,17?,19-/m1/s1. The predicted molar refractivity (Wildman–Crippen MR) is 117 cm³/mol. The molecular weight excluding hydrogens is 440 g/mol. The Labute approximate surface area is 189 Å². The third-order valence-electron chi connectivity index (χ3n) is 5.07. The summed E-state index contributed by atoms with van der Waals surface area (Å²) in [6.45, 7) is 2.43. The largest absolute Gasteiger partial charge is 0.492 e. The van der Waals surface area contributed by atoms with E-state index in [4.69, 9.17) is 4.74 Å². The number of nitrogens with one attached hydrogen (secondary N) is 1. The first-order valence-electron chi connectivity index (χ1n) is 10.0. The average molecular weight is 466 g/mol. The molecule has 9 heteroatoms. The lowest BCUT2D eigenvalue weighted by Crippen LogP contribution is -2.49. The minimum Gasteiger partial charge on any atom is -0.492 e. The van der Waals surface area contributed by atoms with Crippen molar-refractivity contribution in [3.8, 4) is 5.75 Å². The number of allylic oxidation sites excluding steroid dienone is 1. The normalized spacial score (nSPS) is 20.8. The summed E-state index contributed by atoms with van der Waals surface area (Å²) < 4.78 is 35.0. The Balaban J connectivity index is 1.81. The summed E-state index contributed by atoms with van der Waals surface area (Å²) in [6.07, 6.45) is 5.51. The van der Waals surface area contributed by atoms with Crippen LogP contribution in [-0.2, 0) is 20.9 Å². The van der Waals surface area contributed by atoms with Gasteiger partial charge in [-0.15, -0.1) is 11.8 Å².